The molecule has 0 amide bonds. The Kier molecular flexibility index (Phi) is 8.98. The van der Waals surface area contributed by atoms with E-state index in [4.69, 9.17) is 14.2 Å². The predicted octanol–water partition coefficient (Wildman–Crippen LogP) is 2.92. The van der Waals surface area contributed by atoms with E-state index in [-0.39, 0.29) is 12.3 Å². The minimum absolute atomic E-state index is 0.0624. The third-order valence-electron chi connectivity index (χ3n) is 2.92. The van der Waals surface area contributed by atoms with E-state index in [0.717, 1.165) is 24.3 Å². The lowest BCUT2D eigenvalue weighted by Crippen LogP contribution is -2.36. The molecule has 0 aliphatic heterocycles. The van der Waals surface area contributed by atoms with Crippen molar-refractivity contribution in [3.8, 4) is 5.75 Å². The Hall–Kier alpha value is -1.17. The summed E-state index contributed by atoms with van der Waals surface area (Å²) in [5, 5.41) is 3.41. The molecule has 1 aromatic heterocycles. The summed E-state index contributed by atoms with van der Waals surface area (Å²) >= 11 is 0. The number of pyridine rings is 1. The zero-order valence-electron chi connectivity index (χ0n) is 13.6. The van der Waals surface area contributed by atoms with E-state index in [0.29, 0.717) is 19.8 Å². The van der Waals surface area contributed by atoms with Gasteiger partial charge in [-0.2, -0.15) is 0 Å². The van der Waals surface area contributed by atoms with Gasteiger partial charge in [-0.15, -0.1) is 0 Å². The molecule has 0 aromatic carbocycles. The highest BCUT2D eigenvalue weighted by molar-refractivity contribution is 5.26. The molecule has 0 saturated carbocycles. The molecule has 0 spiro atoms. The highest BCUT2D eigenvalue weighted by Gasteiger charge is 2.24. The van der Waals surface area contributed by atoms with Crippen LogP contribution in [-0.4, -0.2) is 37.6 Å². The number of ether oxygens (including phenoxy) is 3. The summed E-state index contributed by atoms with van der Waals surface area (Å²) in [6.07, 6.45) is 4.21. The van der Waals surface area contributed by atoms with Crippen LogP contribution in [0.3, 0.4) is 0 Å². The third kappa shape index (κ3) is 5.99. The largest absolute Gasteiger partial charge is 0.492 e. The van der Waals surface area contributed by atoms with Crippen molar-refractivity contribution in [2.75, 3.05) is 26.4 Å². The maximum atomic E-state index is 5.72. The van der Waals surface area contributed by atoms with Crippen LogP contribution in [0.25, 0.3) is 0 Å². The smallest absolute Gasteiger partial charge is 0.176 e. The zero-order valence-corrected chi connectivity index (χ0v) is 13.6. The number of nitrogens with zero attached hydrogens (tertiary/aromatic N) is 1. The van der Waals surface area contributed by atoms with Crippen LogP contribution in [0.1, 0.15) is 45.7 Å². The van der Waals surface area contributed by atoms with Gasteiger partial charge in [0.1, 0.15) is 5.75 Å². The molecule has 0 fully saturated rings. The average molecular weight is 296 g/mol. The van der Waals surface area contributed by atoms with Gasteiger partial charge in [0.2, 0.25) is 0 Å². The molecule has 5 heteroatoms. The van der Waals surface area contributed by atoms with Crippen LogP contribution in [0.5, 0.6) is 5.75 Å². The third-order valence-corrected chi connectivity index (χ3v) is 2.92. The molecular weight excluding hydrogens is 268 g/mol. The van der Waals surface area contributed by atoms with Gasteiger partial charge >= 0.3 is 0 Å². The minimum atomic E-state index is -0.330. The topological polar surface area (TPSA) is 52.6 Å². The highest BCUT2D eigenvalue weighted by atomic mass is 16.7. The second kappa shape index (κ2) is 10.5. The van der Waals surface area contributed by atoms with Gasteiger partial charge in [-0.05, 0) is 38.4 Å². The van der Waals surface area contributed by atoms with Crippen molar-refractivity contribution in [3.63, 3.8) is 0 Å². The molecule has 1 aromatic rings. The SMILES string of the molecule is CCCOc1cncc(C(NCC)C(OCC)OCC)c1. The number of likely N-dealkylation sites (N-methyl/N-ethyl adjacent to an activating group) is 1. The molecule has 21 heavy (non-hydrogen) atoms. The van der Waals surface area contributed by atoms with Crippen LogP contribution < -0.4 is 10.1 Å². The van der Waals surface area contributed by atoms with Crippen LogP contribution in [0, 0.1) is 0 Å². The van der Waals surface area contributed by atoms with E-state index < -0.39 is 0 Å². The molecule has 0 saturated heterocycles. The first-order valence-electron chi connectivity index (χ1n) is 7.81. The fourth-order valence-electron chi connectivity index (χ4n) is 2.06. The van der Waals surface area contributed by atoms with Gasteiger partial charge in [-0.1, -0.05) is 13.8 Å². The molecule has 1 rings (SSSR count). The van der Waals surface area contributed by atoms with E-state index in [1.54, 1.807) is 6.20 Å². The quantitative estimate of drug-likeness (QED) is 0.636. The summed E-state index contributed by atoms with van der Waals surface area (Å²) in [5.41, 5.74) is 1.01. The first-order valence-corrected chi connectivity index (χ1v) is 7.81. The first kappa shape index (κ1) is 17.9. The Morgan fingerprint density at radius 3 is 2.38 bits per heavy atom. The summed E-state index contributed by atoms with van der Waals surface area (Å²) in [4.78, 5) is 4.27. The maximum absolute atomic E-state index is 5.72. The summed E-state index contributed by atoms with van der Waals surface area (Å²) in [7, 11) is 0. The van der Waals surface area contributed by atoms with E-state index in [1.807, 2.05) is 26.1 Å². The molecular formula is C16H28N2O3. The second-order valence-electron chi connectivity index (χ2n) is 4.62. The van der Waals surface area contributed by atoms with Gasteiger partial charge in [-0.25, -0.2) is 0 Å². The summed E-state index contributed by atoms with van der Waals surface area (Å²) in [6.45, 7) is 10.8. The van der Waals surface area contributed by atoms with E-state index in [9.17, 15) is 0 Å². The number of hydrogen-bond donors (Lipinski definition) is 1. The van der Waals surface area contributed by atoms with Gasteiger partial charge < -0.3 is 19.5 Å². The normalized spacial score (nSPS) is 12.6. The Morgan fingerprint density at radius 1 is 1.10 bits per heavy atom. The van der Waals surface area contributed by atoms with Crippen molar-refractivity contribution >= 4 is 0 Å². The van der Waals surface area contributed by atoms with E-state index >= 15 is 0 Å². The molecule has 1 unspecified atom stereocenters. The fourth-order valence-corrected chi connectivity index (χ4v) is 2.06. The number of nitrogens with one attached hydrogen (secondary N) is 1. The second-order valence-corrected chi connectivity index (χ2v) is 4.62. The van der Waals surface area contributed by atoms with Crippen molar-refractivity contribution in [2.45, 2.75) is 46.4 Å². The Morgan fingerprint density at radius 2 is 1.81 bits per heavy atom. The lowest BCUT2D eigenvalue weighted by Gasteiger charge is -2.27. The van der Waals surface area contributed by atoms with Crippen LogP contribution in [-0.2, 0) is 9.47 Å². The van der Waals surface area contributed by atoms with Crippen molar-refractivity contribution in [2.24, 2.45) is 0 Å². The van der Waals surface area contributed by atoms with Gasteiger partial charge in [-0.3, -0.25) is 4.98 Å². The van der Waals surface area contributed by atoms with Crippen LogP contribution in [0.15, 0.2) is 18.5 Å². The summed E-state index contributed by atoms with van der Waals surface area (Å²) < 4.78 is 17.1. The molecule has 0 aliphatic rings. The fraction of sp³-hybridized carbons (Fsp3) is 0.688. The first-order chi connectivity index (χ1) is 10.3. The highest BCUT2D eigenvalue weighted by Crippen LogP contribution is 2.23. The molecule has 0 aliphatic carbocycles. The Labute approximate surface area is 128 Å². The standard InChI is InChI=1S/C16H28N2O3/c1-5-9-21-14-10-13(11-17-12-14)15(18-6-2)16(19-7-3)20-8-4/h10-12,15-16,18H,5-9H2,1-4H3. The van der Waals surface area contributed by atoms with Crippen molar-refractivity contribution < 1.29 is 14.2 Å². The van der Waals surface area contributed by atoms with Gasteiger partial charge in [0.25, 0.3) is 0 Å². The van der Waals surface area contributed by atoms with Crippen LogP contribution >= 0.6 is 0 Å². The number of rotatable bonds is 11. The lowest BCUT2D eigenvalue weighted by atomic mass is 10.1. The number of aromatic nitrogens is 1. The van der Waals surface area contributed by atoms with E-state index in [1.165, 1.54) is 0 Å². The summed E-state index contributed by atoms with van der Waals surface area (Å²) in [5.74, 6) is 0.781. The monoisotopic (exact) mass is 296 g/mol. The Bertz CT molecular complexity index is 382. The molecule has 120 valence electrons. The van der Waals surface area contributed by atoms with Crippen LogP contribution in [0.2, 0.25) is 0 Å². The molecule has 0 bridgehead atoms. The zero-order chi connectivity index (χ0) is 15.5. The van der Waals surface area contributed by atoms with Gasteiger partial charge in [0.15, 0.2) is 6.29 Å². The number of hydrogen-bond acceptors (Lipinski definition) is 5. The molecule has 0 radical (unpaired) electrons. The van der Waals surface area contributed by atoms with Crippen molar-refractivity contribution in [1.29, 1.82) is 0 Å². The predicted molar refractivity (Wildman–Crippen MR) is 83.5 cm³/mol. The summed E-state index contributed by atoms with van der Waals surface area (Å²) in [6, 6.07) is 1.94. The van der Waals surface area contributed by atoms with Gasteiger partial charge in [0, 0.05) is 19.4 Å². The molecule has 1 atom stereocenters. The average Bonchev–Trinajstić information content (AvgIpc) is 2.51. The van der Waals surface area contributed by atoms with E-state index in [2.05, 4.69) is 24.1 Å². The molecule has 1 N–H and O–H groups in total. The molecule has 1 heterocycles. The van der Waals surface area contributed by atoms with Crippen molar-refractivity contribution in [1.82, 2.24) is 10.3 Å². The van der Waals surface area contributed by atoms with Crippen LogP contribution in [0.4, 0.5) is 0 Å². The minimum Gasteiger partial charge on any atom is -0.492 e. The molecule has 5 nitrogen and oxygen atoms in total. The van der Waals surface area contributed by atoms with Gasteiger partial charge in [0.05, 0.1) is 18.8 Å². The maximum Gasteiger partial charge on any atom is 0.176 e. The van der Waals surface area contributed by atoms with Crippen molar-refractivity contribution in [3.05, 3.63) is 24.0 Å². The lowest BCUT2D eigenvalue weighted by molar-refractivity contribution is -0.155. The Balaban J connectivity index is 2.91.